The number of piperidine rings is 1. The number of benzene rings is 1. The number of nitrogens with zero attached hydrogens (tertiary/aromatic N) is 2. The van der Waals surface area contributed by atoms with Gasteiger partial charge in [-0.3, -0.25) is 0 Å². The van der Waals surface area contributed by atoms with E-state index in [9.17, 15) is 9.18 Å². The number of halogens is 1. The van der Waals surface area contributed by atoms with Crippen molar-refractivity contribution in [2.45, 2.75) is 19.4 Å². The van der Waals surface area contributed by atoms with Crippen molar-refractivity contribution in [3.8, 4) is 0 Å². The molecule has 1 aromatic carbocycles. The summed E-state index contributed by atoms with van der Waals surface area (Å²) in [5, 5.41) is 2.90. The highest BCUT2D eigenvalue weighted by Gasteiger charge is 2.23. The van der Waals surface area contributed by atoms with Crippen LogP contribution in [-0.2, 0) is 6.54 Å². The van der Waals surface area contributed by atoms with Gasteiger partial charge < -0.3 is 15.2 Å². The molecule has 1 aromatic heterocycles. The van der Waals surface area contributed by atoms with Crippen LogP contribution in [0.5, 0.6) is 0 Å². The molecule has 2 N–H and O–H groups in total. The Morgan fingerprint density at radius 1 is 1.57 bits per heavy atom. The number of imidazole rings is 1. The zero-order valence-corrected chi connectivity index (χ0v) is 14.0. The van der Waals surface area contributed by atoms with Gasteiger partial charge in [0.15, 0.2) is 0 Å². The number of carbonyl (C=O) groups is 1. The van der Waals surface area contributed by atoms with Crippen molar-refractivity contribution >= 4 is 28.8 Å². The first-order valence-corrected chi connectivity index (χ1v) is 9.21. The zero-order chi connectivity index (χ0) is 16.2. The van der Waals surface area contributed by atoms with Crippen molar-refractivity contribution in [1.82, 2.24) is 20.2 Å². The Hall–Kier alpha value is -1.76. The molecule has 7 heteroatoms. The minimum atomic E-state index is -0.301. The van der Waals surface area contributed by atoms with Gasteiger partial charge in [0.05, 0.1) is 17.6 Å². The number of rotatable bonds is 4. The lowest BCUT2D eigenvalue weighted by atomic mass is 10.0. The zero-order valence-electron chi connectivity index (χ0n) is 13.1. The fourth-order valence-corrected chi connectivity index (χ4v) is 3.75. The van der Waals surface area contributed by atoms with Gasteiger partial charge >= 0.3 is 6.03 Å². The molecule has 1 saturated heterocycles. The lowest BCUT2D eigenvalue weighted by Gasteiger charge is -2.32. The number of H-pyrrole nitrogens is 1. The van der Waals surface area contributed by atoms with Crippen molar-refractivity contribution < 1.29 is 9.18 Å². The van der Waals surface area contributed by atoms with Crippen LogP contribution < -0.4 is 5.32 Å². The highest BCUT2D eigenvalue weighted by Crippen LogP contribution is 2.19. The van der Waals surface area contributed by atoms with Crippen LogP contribution in [0, 0.1) is 11.7 Å². The van der Waals surface area contributed by atoms with Gasteiger partial charge in [-0.05, 0) is 49.0 Å². The lowest BCUT2D eigenvalue weighted by Crippen LogP contribution is -2.45. The van der Waals surface area contributed by atoms with Gasteiger partial charge in [0, 0.05) is 13.1 Å². The molecule has 1 unspecified atom stereocenters. The van der Waals surface area contributed by atoms with Crippen molar-refractivity contribution in [3.63, 3.8) is 0 Å². The molecule has 2 aromatic rings. The van der Waals surface area contributed by atoms with Crippen LogP contribution in [0.25, 0.3) is 11.0 Å². The largest absolute Gasteiger partial charge is 0.340 e. The number of aromatic nitrogens is 2. The highest BCUT2D eigenvalue weighted by atomic mass is 32.2. The Bertz CT molecular complexity index is 688. The summed E-state index contributed by atoms with van der Waals surface area (Å²) in [4.78, 5) is 21.6. The Morgan fingerprint density at radius 2 is 2.43 bits per heavy atom. The maximum atomic E-state index is 13.2. The van der Waals surface area contributed by atoms with Gasteiger partial charge in [0.25, 0.3) is 0 Å². The standard InChI is InChI=1S/C16H21FN4OS/c1-23-10-11-3-2-6-21(9-11)16(22)18-8-15-19-13-5-4-12(17)7-14(13)20-15/h4-5,7,11H,2-3,6,8-10H2,1H3,(H,18,22)(H,19,20). The minimum Gasteiger partial charge on any atom is -0.340 e. The van der Waals surface area contributed by atoms with Gasteiger partial charge in [-0.1, -0.05) is 0 Å². The Kier molecular flexibility index (Phi) is 5.05. The molecule has 5 nitrogen and oxygen atoms in total. The predicted octanol–water partition coefficient (Wildman–Crippen LogP) is 2.99. The number of likely N-dealkylation sites (tertiary alicyclic amines) is 1. The summed E-state index contributed by atoms with van der Waals surface area (Å²) in [5.74, 6) is 2.01. The molecule has 1 aliphatic heterocycles. The van der Waals surface area contributed by atoms with Crippen LogP contribution in [0.3, 0.4) is 0 Å². The third kappa shape index (κ3) is 3.96. The Labute approximate surface area is 139 Å². The molecule has 0 spiro atoms. The smallest absolute Gasteiger partial charge is 0.317 e. The quantitative estimate of drug-likeness (QED) is 0.902. The van der Waals surface area contributed by atoms with E-state index in [-0.39, 0.29) is 11.8 Å². The third-order valence-corrected chi connectivity index (χ3v) is 4.91. The summed E-state index contributed by atoms with van der Waals surface area (Å²) in [5.41, 5.74) is 1.35. The van der Waals surface area contributed by atoms with E-state index in [1.165, 1.54) is 18.6 Å². The molecule has 1 fully saturated rings. The third-order valence-electron chi connectivity index (χ3n) is 4.11. The van der Waals surface area contributed by atoms with Crippen LogP contribution in [0.4, 0.5) is 9.18 Å². The van der Waals surface area contributed by atoms with E-state index < -0.39 is 0 Å². The minimum absolute atomic E-state index is 0.0533. The molecule has 2 amide bonds. The molecular formula is C16H21FN4OS. The van der Waals surface area contributed by atoms with Crippen LogP contribution in [0.15, 0.2) is 18.2 Å². The van der Waals surface area contributed by atoms with Crippen molar-refractivity contribution in [2.24, 2.45) is 5.92 Å². The number of hydrogen-bond donors (Lipinski definition) is 2. The first kappa shape index (κ1) is 16.1. The van der Waals surface area contributed by atoms with Crippen LogP contribution >= 0.6 is 11.8 Å². The van der Waals surface area contributed by atoms with Gasteiger partial charge in [-0.2, -0.15) is 11.8 Å². The fraction of sp³-hybridized carbons (Fsp3) is 0.500. The van der Waals surface area contributed by atoms with Crippen molar-refractivity contribution in [1.29, 1.82) is 0 Å². The first-order chi connectivity index (χ1) is 11.2. The SMILES string of the molecule is CSCC1CCCN(C(=O)NCc2nc3ccc(F)cc3[nH]2)C1. The molecule has 124 valence electrons. The second kappa shape index (κ2) is 7.21. The monoisotopic (exact) mass is 336 g/mol. The summed E-state index contributed by atoms with van der Waals surface area (Å²) in [6, 6.07) is 4.36. The first-order valence-electron chi connectivity index (χ1n) is 7.81. The Morgan fingerprint density at radius 3 is 3.26 bits per heavy atom. The number of fused-ring (bicyclic) bond motifs is 1. The molecule has 0 aliphatic carbocycles. The van der Waals surface area contributed by atoms with Gasteiger partial charge in [0.2, 0.25) is 0 Å². The van der Waals surface area contributed by atoms with E-state index in [0.29, 0.717) is 29.3 Å². The summed E-state index contributed by atoms with van der Waals surface area (Å²) in [7, 11) is 0. The molecular weight excluding hydrogens is 315 g/mol. The van der Waals surface area contributed by atoms with Gasteiger partial charge in [0.1, 0.15) is 11.6 Å². The summed E-state index contributed by atoms with van der Waals surface area (Å²) >= 11 is 1.83. The molecule has 3 rings (SSSR count). The lowest BCUT2D eigenvalue weighted by molar-refractivity contribution is 0.170. The molecule has 1 atom stereocenters. The maximum Gasteiger partial charge on any atom is 0.317 e. The number of carbonyl (C=O) groups excluding carboxylic acids is 1. The number of aromatic amines is 1. The van der Waals surface area contributed by atoms with Crippen LogP contribution in [-0.4, -0.2) is 46.0 Å². The van der Waals surface area contributed by atoms with E-state index in [1.54, 1.807) is 6.07 Å². The number of thioether (sulfide) groups is 1. The Balaban J connectivity index is 1.57. The summed E-state index contributed by atoms with van der Waals surface area (Å²) in [6.45, 7) is 1.94. The second-order valence-electron chi connectivity index (χ2n) is 5.91. The summed E-state index contributed by atoms with van der Waals surface area (Å²) < 4.78 is 13.2. The average molecular weight is 336 g/mol. The number of nitrogens with one attached hydrogen (secondary N) is 2. The van der Waals surface area contributed by atoms with E-state index in [0.717, 1.165) is 25.3 Å². The maximum absolute atomic E-state index is 13.2. The van der Waals surface area contributed by atoms with E-state index in [2.05, 4.69) is 21.5 Å². The number of urea groups is 1. The number of hydrogen-bond acceptors (Lipinski definition) is 3. The molecule has 0 radical (unpaired) electrons. The summed E-state index contributed by atoms with van der Waals surface area (Å²) in [6.07, 6.45) is 4.35. The molecule has 0 saturated carbocycles. The van der Waals surface area contributed by atoms with E-state index in [1.807, 2.05) is 16.7 Å². The van der Waals surface area contributed by atoms with Crippen molar-refractivity contribution in [3.05, 3.63) is 29.8 Å². The normalized spacial score (nSPS) is 18.3. The predicted molar refractivity (Wildman–Crippen MR) is 91.0 cm³/mol. The average Bonchev–Trinajstić information content (AvgIpc) is 2.95. The van der Waals surface area contributed by atoms with Crippen molar-refractivity contribution in [2.75, 3.05) is 25.1 Å². The molecule has 23 heavy (non-hydrogen) atoms. The van der Waals surface area contributed by atoms with E-state index >= 15 is 0 Å². The highest BCUT2D eigenvalue weighted by molar-refractivity contribution is 7.98. The molecule has 1 aliphatic rings. The van der Waals surface area contributed by atoms with Gasteiger partial charge in [-0.15, -0.1) is 0 Å². The van der Waals surface area contributed by atoms with Crippen LogP contribution in [0.1, 0.15) is 18.7 Å². The number of amides is 2. The molecule has 0 bridgehead atoms. The topological polar surface area (TPSA) is 61.0 Å². The van der Waals surface area contributed by atoms with Gasteiger partial charge in [-0.25, -0.2) is 14.2 Å². The second-order valence-corrected chi connectivity index (χ2v) is 6.82. The fourth-order valence-electron chi connectivity index (χ4n) is 3.01. The molecule has 2 heterocycles. The van der Waals surface area contributed by atoms with E-state index in [4.69, 9.17) is 0 Å². The van der Waals surface area contributed by atoms with Crippen LogP contribution in [0.2, 0.25) is 0 Å².